The van der Waals surface area contributed by atoms with Crippen LogP contribution in [0.3, 0.4) is 0 Å². The van der Waals surface area contributed by atoms with E-state index in [4.69, 9.17) is 9.97 Å². The molecular weight excluding hydrogens is 607 g/mol. The summed E-state index contributed by atoms with van der Waals surface area (Å²) in [5, 5.41) is 10.7. The van der Waals surface area contributed by atoms with Crippen molar-refractivity contribution in [3.8, 4) is 11.3 Å². The van der Waals surface area contributed by atoms with Crippen LogP contribution in [-0.2, 0) is 0 Å². The van der Waals surface area contributed by atoms with Crippen molar-refractivity contribution in [2.75, 3.05) is 0 Å². The second-order valence-electron chi connectivity index (χ2n) is 12.9. The van der Waals surface area contributed by atoms with E-state index in [-0.39, 0.29) is 0 Å². The van der Waals surface area contributed by atoms with Gasteiger partial charge in [-0.2, -0.15) is 0 Å². The molecule has 0 fully saturated rings. The lowest BCUT2D eigenvalue weighted by Crippen LogP contribution is -1.93. The van der Waals surface area contributed by atoms with Gasteiger partial charge in [0, 0.05) is 44.9 Å². The first-order valence-corrected chi connectivity index (χ1v) is 16.9. The van der Waals surface area contributed by atoms with Gasteiger partial charge in [-0.1, -0.05) is 122 Å². The number of hydrogen-bond acceptors (Lipinski definition) is 3. The van der Waals surface area contributed by atoms with E-state index in [0.717, 1.165) is 66.4 Å². The van der Waals surface area contributed by atoms with Gasteiger partial charge in [-0.15, -0.1) is 0 Å². The van der Waals surface area contributed by atoms with E-state index < -0.39 is 0 Å². The van der Waals surface area contributed by atoms with E-state index in [9.17, 15) is 0 Å². The van der Waals surface area contributed by atoms with Crippen LogP contribution in [-0.4, -0.2) is 15.0 Å². The van der Waals surface area contributed by atoms with E-state index in [2.05, 4.69) is 157 Å². The fourth-order valence-corrected chi connectivity index (χ4v) is 7.75. The van der Waals surface area contributed by atoms with Crippen LogP contribution in [0.5, 0.6) is 0 Å². The Morgan fingerprint density at radius 2 is 1.14 bits per heavy atom. The van der Waals surface area contributed by atoms with Crippen molar-refractivity contribution in [2.24, 2.45) is 0 Å². The maximum atomic E-state index is 5.38. The summed E-state index contributed by atoms with van der Waals surface area (Å²) in [6.45, 7) is 4.44. The molecule has 1 aliphatic rings. The molecule has 3 heteroatoms. The lowest BCUT2D eigenvalue weighted by atomic mass is 9.89. The Morgan fingerprint density at radius 1 is 0.460 bits per heavy atom. The molecule has 3 nitrogen and oxygen atoms in total. The monoisotopic (exact) mass is 635 g/mol. The average Bonchev–Trinajstić information content (AvgIpc) is 3.38. The summed E-state index contributed by atoms with van der Waals surface area (Å²) in [6.07, 6.45) is 12.4. The molecule has 1 aliphatic carbocycles. The molecule has 3 aromatic heterocycles. The van der Waals surface area contributed by atoms with Crippen LogP contribution in [0.4, 0.5) is 0 Å². The third kappa shape index (κ3) is 4.41. The average molecular weight is 636 g/mol. The van der Waals surface area contributed by atoms with Crippen LogP contribution in [0.15, 0.2) is 176 Å². The van der Waals surface area contributed by atoms with E-state index >= 15 is 0 Å². The summed E-state index contributed by atoms with van der Waals surface area (Å²) >= 11 is 0. The van der Waals surface area contributed by atoms with Gasteiger partial charge in [0.15, 0.2) is 0 Å². The molecule has 0 aliphatic heterocycles. The molecule has 0 saturated carbocycles. The van der Waals surface area contributed by atoms with E-state index in [1.807, 2.05) is 18.5 Å². The van der Waals surface area contributed by atoms with Crippen molar-refractivity contribution in [3.63, 3.8) is 0 Å². The standard InChI is InChI=1S/C47H29N3/c1-29-26-32(19-20-33(27-29)35-23-25-49-47-40(35)22-21-30-12-9-24-48-46(30)47)31-10-8-11-34(28-31)45-44-39-16-5-3-14-37(39)36-13-2-4-15-38(36)43(44)41-17-6-7-18-42(41)50-45/h2-28H,1H2. The van der Waals surface area contributed by atoms with Crippen molar-refractivity contribution in [1.82, 2.24) is 15.0 Å². The number of para-hydroxylation sites is 1. The molecule has 0 saturated heterocycles. The van der Waals surface area contributed by atoms with Crippen LogP contribution >= 0.6 is 0 Å². The van der Waals surface area contributed by atoms with Gasteiger partial charge < -0.3 is 0 Å². The Bertz CT molecular complexity index is 3000. The highest BCUT2D eigenvalue weighted by molar-refractivity contribution is 6.33. The van der Waals surface area contributed by atoms with Gasteiger partial charge in [0.2, 0.25) is 0 Å². The summed E-state index contributed by atoms with van der Waals surface area (Å²) in [6, 6.07) is 45.2. The SMILES string of the molecule is C=C1C=C(c2cccc(-c3nc4ccccc4c4c5ccccc5c5ccccc5c34)c2)C=CC(c2ccnc3c2ccc2cccnc23)=C1. The quantitative estimate of drug-likeness (QED) is 0.181. The predicted octanol–water partition coefficient (Wildman–Crippen LogP) is 12.1. The Balaban J connectivity index is 1.13. The Kier molecular flexibility index (Phi) is 6.33. The number of hydrogen-bond donors (Lipinski definition) is 0. The minimum absolute atomic E-state index is 0.904. The number of pyridine rings is 3. The predicted molar refractivity (Wildman–Crippen MR) is 211 cm³/mol. The zero-order valence-electron chi connectivity index (χ0n) is 27.1. The molecule has 6 aromatic carbocycles. The molecule has 0 N–H and O–H groups in total. The maximum Gasteiger partial charge on any atom is 0.0970 e. The van der Waals surface area contributed by atoms with Crippen LogP contribution in [0.2, 0.25) is 0 Å². The van der Waals surface area contributed by atoms with Crippen LogP contribution < -0.4 is 0 Å². The van der Waals surface area contributed by atoms with E-state index in [0.29, 0.717) is 0 Å². The fourth-order valence-electron chi connectivity index (χ4n) is 7.75. The normalized spacial score (nSPS) is 13.4. The van der Waals surface area contributed by atoms with E-state index in [1.54, 1.807) is 0 Å². The molecule has 9 aromatic rings. The molecule has 232 valence electrons. The molecule has 3 heterocycles. The van der Waals surface area contributed by atoms with Gasteiger partial charge in [-0.25, -0.2) is 4.98 Å². The molecule has 0 amide bonds. The first-order valence-electron chi connectivity index (χ1n) is 16.9. The smallest absolute Gasteiger partial charge is 0.0970 e. The summed E-state index contributed by atoms with van der Waals surface area (Å²) < 4.78 is 0. The van der Waals surface area contributed by atoms with Gasteiger partial charge in [0.25, 0.3) is 0 Å². The minimum atomic E-state index is 0.904. The van der Waals surface area contributed by atoms with Crippen molar-refractivity contribution < 1.29 is 0 Å². The van der Waals surface area contributed by atoms with Gasteiger partial charge in [0.05, 0.1) is 22.2 Å². The minimum Gasteiger partial charge on any atom is -0.254 e. The van der Waals surface area contributed by atoms with Gasteiger partial charge in [-0.05, 0) is 85.8 Å². The second-order valence-corrected chi connectivity index (χ2v) is 12.9. The molecule has 50 heavy (non-hydrogen) atoms. The van der Waals surface area contributed by atoms with Crippen molar-refractivity contribution >= 4 is 76.2 Å². The lowest BCUT2D eigenvalue weighted by Gasteiger charge is -2.16. The Hall–Kier alpha value is -6.71. The maximum absolute atomic E-state index is 5.38. The Morgan fingerprint density at radius 3 is 1.98 bits per heavy atom. The molecule has 0 bridgehead atoms. The summed E-state index contributed by atoms with van der Waals surface area (Å²) in [7, 11) is 0. The van der Waals surface area contributed by atoms with Crippen LogP contribution in [0.1, 0.15) is 11.1 Å². The second kappa shape index (κ2) is 11.2. The fraction of sp³-hybridized carbons (Fsp3) is 0. The van der Waals surface area contributed by atoms with Gasteiger partial charge >= 0.3 is 0 Å². The summed E-state index contributed by atoms with van der Waals surface area (Å²) in [5.74, 6) is 0. The number of fused-ring (bicyclic) bond motifs is 11. The lowest BCUT2D eigenvalue weighted by molar-refractivity contribution is 1.37. The topological polar surface area (TPSA) is 38.7 Å². The summed E-state index contributed by atoms with van der Waals surface area (Å²) in [4.78, 5) is 14.8. The molecule has 0 spiro atoms. The number of allylic oxidation sites excluding steroid dienone is 7. The van der Waals surface area contributed by atoms with Crippen LogP contribution in [0, 0.1) is 0 Å². The highest BCUT2D eigenvalue weighted by atomic mass is 14.7. The largest absolute Gasteiger partial charge is 0.254 e. The summed E-state index contributed by atoms with van der Waals surface area (Å²) in [5.41, 5.74) is 10.2. The van der Waals surface area contributed by atoms with Crippen molar-refractivity contribution in [1.29, 1.82) is 0 Å². The van der Waals surface area contributed by atoms with E-state index in [1.165, 1.54) is 37.7 Å². The van der Waals surface area contributed by atoms with Gasteiger partial charge in [-0.3, -0.25) is 9.97 Å². The number of rotatable bonds is 3. The molecule has 10 rings (SSSR count). The first-order chi connectivity index (χ1) is 24.7. The molecule has 0 radical (unpaired) electrons. The number of aromatic nitrogens is 3. The molecular formula is C47H29N3. The third-order valence-corrected chi connectivity index (χ3v) is 9.96. The molecule has 0 atom stereocenters. The van der Waals surface area contributed by atoms with Gasteiger partial charge in [0.1, 0.15) is 0 Å². The zero-order valence-corrected chi connectivity index (χ0v) is 27.1. The Labute approximate surface area is 288 Å². The van der Waals surface area contributed by atoms with Crippen molar-refractivity contribution in [2.45, 2.75) is 0 Å². The third-order valence-electron chi connectivity index (χ3n) is 9.96. The first kappa shape index (κ1) is 28.3. The highest BCUT2D eigenvalue weighted by Crippen LogP contribution is 2.43. The number of nitrogens with zero attached hydrogens (tertiary/aromatic N) is 3. The number of benzene rings is 6. The van der Waals surface area contributed by atoms with Crippen molar-refractivity contribution in [3.05, 3.63) is 187 Å². The van der Waals surface area contributed by atoms with Crippen LogP contribution in [0.25, 0.3) is 87.4 Å². The highest BCUT2D eigenvalue weighted by Gasteiger charge is 2.18. The zero-order chi connectivity index (χ0) is 33.2. The molecule has 0 unspecified atom stereocenters.